The zero-order valence-electron chi connectivity index (χ0n) is 16.3. The van der Waals surface area contributed by atoms with Gasteiger partial charge in [0.2, 0.25) is 5.91 Å². The Morgan fingerprint density at radius 3 is 2.60 bits per heavy atom. The Balaban J connectivity index is 2.02. The minimum atomic E-state index is 0.0197. The van der Waals surface area contributed by atoms with Crippen molar-refractivity contribution in [2.24, 2.45) is 0 Å². The number of anilines is 1. The summed E-state index contributed by atoms with van der Waals surface area (Å²) in [5, 5.41) is 4.14. The fourth-order valence-corrected chi connectivity index (χ4v) is 4.08. The predicted octanol–water partition coefficient (Wildman–Crippen LogP) is 3.79. The molecule has 0 radical (unpaired) electrons. The number of carbonyl (C=O) groups is 1. The van der Waals surface area contributed by atoms with Gasteiger partial charge in [0, 0.05) is 36.8 Å². The quantitative estimate of drug-likeness (QED) is 0.809. The number of benzene rings is 1. The Hall–Kier alpha value is -1.62. The first-order valence-electron chi connectivity index (χ1n) is 9.11. The Kier molecular flexibility index (Phi) is 6.09. The van der Waals surface area contributed by atoms with Crippen molar-refractivity contribution < 1.29 is 4.79 Å². The van der Waals surface area contributed by atoms with E-state index in [2.05, 4.69) is 57.0 Å². The molecule has 1 atom stereocenters. The average Bonchev–Trinajstić information content (AvgIpc) is 2.49. The summed E-state index contributed by atoms with van der Waals surface area (Å²) in [6.45, 7) is 14.0. The van der Waals surface area contributed by atoms with Gasteiger partial charge < -0.3 is 15.1 Å². The van der Waals surface area contributed by atoms with Gasteiger partial charge in [0.15, 0.2) is 5.11 Å². The summed E-state index contributed by atoms with van der Waals surface area (Å²) in [6.07, 6.45) is 1.48. The van der Waals surface area contributed by atoms with Crippen LogP contribution < -0.4 is 10.2 Å². The van der Waals surface area contributed by atoms with Gasteiger partial charge in [-0.2, -0.15) is 0 Å². The van der Waals surface area contributed by atoms with E-state index in [1.165, 1.54) is 11.1 Å². The molecule has 1 aromatic carbocycles. The lowest BCUT2D eigenvalue weighted by Crippen LogP contribution is -2.60. The van der Waals surface area contributed by atoms with E-state index in [-0.39, 0.29) is 11.4 Å². The molecule has 1 amide bonds. The van der Waals surface area contributed by atoms with Gasteiger partial charge in [-0.05, 0) is 83.4 Å². The minimum Gasteiger partial charge on any atom is -0.358 e. The van der Waals surface area contributed by atoms with Crippen LogP contribution in [0.25, 0.3) is 0 Å². The molecule has 1 fully saturated rings. The number of nitrogens with one attached hydrogen (secondary N) is 1. The van der Waals surface area contributed by atoms with E-state index in [4.69, 9.17) is 12.2 Å². The minimum absolute atomic E-state index is 0.0197. The van der Waals surface area contributed by atoms with E-state index in [0.717, 1.165) is 17.2 Å². The van der Waals surface area contributed by atoms with Gasteiger partial charge in [0.05, 0.1) is 0 Å². The average molecular weight is 362 g/mol. The molecular formula is C20H31N3OS. The van der Waals surface area contributed by atoms with Crippen molar-refractivity contribution in [1.82, 2.24) is 10.2 Å². The molecule has 0 aliphatic carbocycles. The third kappa shape index (κ3) is 4.72. The Labute approximate surface area is 157 Å². The van der Waals surface area contributed by atoms with Crippen LogP contribution in [-0.2, 0) is 4.79 Å². The molecule has 0 unspecified atom stereocenters. The molecule has 0 bridgehead atoms. The normalized spacial score (nSPS) is 19.5. The Bertz CT molecular complexity index is 656. The molecule has 1 aliphatic rings. The van der Waals surface area contributed by atoms with Gasteiger partial charge in [-0.15, -0.1) is 0 Å². The molecular weight excluding hydrogens is 330 g/mol. The van der Waals surface area contributed by atoms with Crippen LogP contribution in [0.15, 0.2) is 18.2 Å². The van der Waals surface area contributed by atoms with E-state index in [0.29, 0.717) is 25.6 Å². The van der Waals surface area contributed by atoms with Crippen LogP contribution in [0.4, 0.5) is 5.69 Å². The number of rotatable bonds is 5. The third-order valence-electron chi connectivity index (χ3n) is 5.03. The summed E-state index contributed by atoms with van der Waals surface area (Å²) in [5.41, 5.74) is 3.45. The molecule has 1 aliphatic heterocycles. The fraction of sp³-hybridized carbons (Fsp3) is 0.600. The van der Waals surface area contributed by atoms with Gasteiger partial charge in [-0.3, -0.25) is 4.79 Å². The van der Waals surface area contributed by atoms with Crippen LogP contribution in [-0.4, -0.2) is 40.6 Å². The zero-order chi connectivity index (χ0) is 18.8. The van der Waals surface area contributed by atoms with Crippen molar-refractivity contribution in [2.45, 2.75) is 66.0 Å². The van der Waals surface area contributed by atoms with Crippen molar-refractivity contribution in [3.05, 3.63) is 29.3 Å². The number of nitrogens with zero attached hydrogens (tertiary/aromatic N) is 2. The fourth-order valence-electron chi connectivity index (χ4n) is 3.53. The molecule has 0 saturated carbocycles. The van der Waals surface area contributed by atoms with Gasteiger partial charge in [0.1, 0.15) is 0 Å². The topological polar surface area (TPSA) is 35.6 Å². The standard InChI is InChI=1S/C20H31N3OS/c1-7-22(17-9-8-14(2)15(3)12-17)18(24)10-11-23-16(4)13-20(5,6)21-19(23)25/h8-9,12,16H,7,10-11,13H2,1-6H3,(H,21,25)/t16-/m0/s1. The van der Waals surface area contributed by atoms with E-state index in [1.54, 1.807) is 0 Å². The van der Waals surface area contributed by atoms with E-state index < -0.39 is 0 Å². The lowest BCUT2D eigenvalue weighted by atomic mass is 9.93. The molecule has 1 heterocycles. The van der Waals surface area contributed by atoms with Crippen molar-refractivity contribution in [2.75, 3.05) is 18.0 Å². The molecule has 0 aromatic heterocycles. The second-order valence-corrected chi connectivity index (χ2v) is 8.10. The van der Waals surface area contributed by atoms with Gasteiger partial charge >= 0.3 is 0 Å². The largest absolute Gasteiger partial charge is 0.358 e. The van der Waals surface area contributed by atoms with Crippen LogP contribution in [0, 0.1) is 13.8 Å². The highest BCUT2D eigenvalue weighted by Crippen LogP contribution is 2.23. The Morgan fingerprint density at radius 1 is 1.36 bits per heavy atom. The van der Waals surface area contributed by atoms with Gasteiger partial charge in [-0.1, -0.05) is 6.07 Å². The van der Waals surface area contributed by atoms with E-state index in [9.17, 15) is 4.79 Å². The summed E-state index contributed by atoms with van der Waals surface area (Å²) in [6, 6.07) is 6.54. The van der Waals surface area contributed by atoms with Gasteiger partial charge in [-0.25, -0.2) is 0 Å². The molecule has 1 N–H and O–H groups in total. The van der Waals surface area contributed by atoms with Crippen molar-refractivity contribution in [3.8, 4) is 0 Å². The van der Waals surface area contributed by atoms with Gasteiger partial charge in [0.25, 0.3) is 0 Å². The van der Waals surface area contributed by atoms with Crippen molar-refractivity contribution in [3.63, 3.8) is 0 Å². The first-order valence-corrected chi connectivity index (χ1v) is 9.52. The lowest BCUT2D eigenvalue weighted by molar-refractivity contribution is -0.118. The highest BCUT2D eigenvalue weighted by molar-refractivity contribution is 7.80. The molecule has 5 heteroatoms. The Morgan fingerprint density at radius 2 is 2.04 bits per heavy atom. The zero-order valence-corrected chi connectivity index (χ0v) is 17.2. The summed E-state index contributed by atoms with van der Waals surface area (Å²) in [5.74, 6) is 0.144. The maximum Gasteiger partial charge on any atom is 0.228 e. The van der Waals surface area contributed by atoms with Crippen molar-refractivity contribution >= 4 is 28.9 Å². The monoisotopic (exact) mass is 361 g/mol. The summed E-state index contributed by atoms with van der Waals surface area (Å²) in [7, 11) is 0. The smallest absolute Gasteiger partial charge is 0.228 e. The maximum absolute atomic E-state index is 12.8. The first kappa shape index (κ1) is 19.7. The van der Waals surface area contributed by atoms with Crippen LogP contribution in [0.5, 0.6) is 0 Å². The highest BCUT2D eigenvalue weighted by Gasteiger charge is 2.33. The van der Waals surface area contributed by atoms with E-state index >= 15 is 0 Å². The molecule has 1 aromatic rings. The number of amides is 1. The summed E-state index contributed by atoms with van der Waals surface area (Å²) >= 11 is 5.51. The van der Waals surface area contributed by atoms with Crippen LogP contribution in [0.1, 0.15) is 51.7 Å². The highest BCUT2D eigenvalue weighted by atomic mass is 32.1. The summed E-state index contributed by atoms with van der Waals surface area (Å²) < 4.78 is 0. The number of hydrogen-bond donors (Lipinski definition) is 1. The number of aryl methyl sites for hydroxylation is 2. The van der Waals surface area contributed by atoms with E-state index in [1.807, 2.05) is 17.9 Å². The van der Waals surface area contributed by atoms with Crippen LogP contribution >= 0.6 is 12.2 Å². The number of carbonyl (C=O) groups excluding carboxylic acids is 1. The summed E-state index contributed by atoms with van der Waals surface area (Å²) in [4.78, 5) is 16.8. The molecule has 1 saturated heterocycles. The third-order valence-corrected chi connectivity index (χ3v) is 5.37. The second kappa shape index (κ2) is 7.73. The molecule has 0 spiro atoms. The van der Waals surface area contributed by atoms with Crippen molar-refractivity contribution in [1.29, 1.82) is 0 Å². The molecule has 138 valence electrons. The maximum atomic E-state index is 12.8. The lowest BCUT2D eigenvalue weighted by Gasteiger charge is -2.44. The molecule has 4 nitrogen and oxygen atoms in total. The molecule has 25 heavy (non-hydrogen) atoms. The molecule has 2 rings (SSSR count). The second-order valence-electron chi connectivity index (χ2n) is 7.72. The van der Waals surface area contributed by atoms with Crippen LogP contribution in [0.2, 0.25) is 0 Å². The first-order chi connectivity index (χ1) is 11.6. The predicted molar refractivity (Wildman–Crippen MR) is 109 cm³/mol. The number of thiocarbonyl (C=S) groups is 1. The number of hydrogen-bond acceptors (Lipinski definition) is 2. The SMILES string of the molecule is CCN(C(=O)CCN1C(=S)NC(C)(C)C[C@@H]1C)c1ccc(C)c(C)c1. The van der Waals surface area contributed by atoms with Crippen LogP contribution in [0.3, 0.4) is 0 Å².